The third-order valence-corrected chi connectivity index (χ3v) is 4.65. The van der Waals surface area contributed by atoms with Crippen LogP contribution < -0.4 is 5.32 Å². The molecule has 0 radical (unpaired) electrons. The van der Waals surface area contributed by atoms with Gasteiger partial charge < -0.3 is 10.2 Å². The Labute approximate surface area is 155 Å². The van der Waals surface area contributed by atoms with Gasteiger partial charge in [-0.15, -0.1) is 0 Å². The first kappa shape index (κ1) is 19.1. The molecule has 24 heavy (non-hydrogen) atoms. The van der Waals surface area contributed by atoms with Gasteiger partial charge in [-0.3, -0.25) is 0 Å². The second-order valence-electron chi connectivity index (χ2n) is 5.97. The molecule has 2 aromatic carbocycles. The van der Waals surface area contributed by atoms with Gasteiger partial charge in [-0.05, 0) is 56.1 Å². The van der Waals surface area contributed by atoms with Crippen molar-refractivity contribution in [3.63, 3.8) is 0 Å². The van der Waals surface area contributed by atoms with Crippen molar-refractivity contribution in [3.8, 4) is 0 Å². The maximum atomic E-state index is 6.29. The first-order chi connectivity index (χ1) is 11.7. The number of hydrogen-bond acceptors (Lipinski definition) is 2. The molecule has 0 saturated carbocycles. The van der Waals surface area contributed by atoms with E-state index in [0.717, 1.165) is 37.4 Å². The monoisotopic (exact) mass is 364 g/mol. The van der Waals surface area contributed by atoms with Gasteiger partial charge in [-0.1, -0.05) is 61.3 Å². The topological polar surface area (TPSA) is 15.3 Å². The van der Waals surface area contributed by atoms with E-state index in [4.69, 9.17) is 23.2 Å². The lowest BCUT2D eigenvalue weighted by Gasteiger charge is -2.22. The molecule has 4 heteroatoms. The Morgan fingerprint density at radius 2 is 1.46 bits per heavy atom. The zero-order valence-corrected chi connectivity index (χ0v) is 16.0. The average molecular weight is 365 g/mol. The molecule has 2 rings (SSSR count). The van der Waals surface area contributed by atoms with E-state index in [1.807, 2.05) is 24.3 Å². The summed E-state index contributed by atoms with van der Waals surface area (Å²) in [6, 6.07) is 13.9. The Kier molecular flexibility index (Phi) is 7.90. The Balaban J connectivity index is 2.12. The molecule has 130 valence electrons. The average Bonchev–Trinajstić information content (AvgIpc) is 2.57. The van der Waals surface area contributed by atoms with Crippen LogP contribution in [0.1, 0.15) is 32.3 Å². The lowest BCUT2D eigenvalue weighted by Crippen LogP contribution is -2.27. The largest absolute Gasteiger partial charge is 0.353 e. The van der Waals surface area contributed by atoms with Crippen LogP contribution in [0.25, 0.3) is 0 Å². The normalized spacial score (nSPS) is 11.0. The number of benzene rings is 2. The molecule has 0 unspecified atom stereocenters. The van der Waals surface area contributed by atoms with Crippen molar-refractivity contribution >= 4 is 34.6 Å². The fourth-order valence-electron chi connectivity index (χ4n) is 2.86. The molecule has 2 aromatic rings. The number of rotatable bonds is 9. The van der Waals surface area contributed by atoms with E-state index in [1.165, 1.54) is 18.4 Å². The first-order valence-electron chi connectivity index (χ1n) is 8.67. The summed E-state index contributed by atoms with van der Waals surface area (Å²) in [5.74, 6) is 0. The van der Waals surface area contributed by atoms with Crippen LogP contribution in [0.3, 0.4) is 0 Å². The van der Waals surface area contributed by atoms with Gasteiger partial charge >= 0.3 is 0 Å². The van der Waals surface area contributed by atoms with E-state index >= 15 is 0 Å². The van der Waals surface area contributed by atoms with Crippen LogP contribution in [0.2, 0.25) is 10.0 Å². The molecule has 0 saturated heterocycles. The molecule has 0 atom stereocenters. The number of nitrogens with one attached hydrogen (secondary N) is 1. The van der Waals surface area contributed by atoms with Crippen molar-refractivity contribution in [1.29, 1.82) is 0 Å². The smallest absolute Gasteiger partial charge is 0.0762 e. The summed E-state index contributed by atoms with van der Waals surface area (Å²) < 4.78 is 0. The summed E-state index contributed by atoms with van der Waals surface area (Å²) in [7, 11) is 0. The van der Waals surface area contributed by atoms with Crippen LogP contribution in [0.4, 0.5) is 11.4 Å². The van der Waals surface area contributed by atoms with Crippen LogP contribution in [0.5, 0.6) is 0 Å². The quantitative estimate of drug-likeness (QED) is 0.553. The molecule has 0 bridgehead atoms. The summed E-state index contributed by atoms with van der Waals surface area (Å²) in [6.45, 7) is 7.84. The van der Waals surface area contributed by atoms with E-state index < -0.39 is 0 Å². The Bertz CT molecular complexity index is 617. The second kappa shape index (κ2) is 9.93. The maximum absolute atomic E-state index is 6.29. The van der Waals surface area contributed by atoms with Crippen LogP contribution >= 0.6 is 23.2 Å². The van der Waals surface area contributed by atoms with Gasteiger partial charge in [0, 0.05) is 12.2 Å². The minimum absolute atomic E-state index is 0.635. The minimum Gasteiger partial charge on any atom is -0.353 e. The van der Waals surface area contributed by atoms with Gasteiger partial charge in [0.2, 0.25) is 0 Å². The summed E-state index contributed by atoms with van der Waals surface area (Å²) >= 11 is 12.6. The number of para-hydroxylation sites is 2. The van der Waals surface area contributed by atoms with E-state index in [-0.39, 0.29) is 0 Å². The van der Waals surface area contributed by atoms with E-state index in [2.05, 4.69) is 42.3 Å². The van der Waals surface area contributed by atoms with Crippen molar-refractivity contribution in [3.05, 3.63) is 58.1 Å². The molecule has 0 spiro atoms. The molecular weight excluding hydrogens is 339 g/mol. The van der Waals surface area contributed by atoms with Crippen molar-refractivity contribution in [2.24, 2.45) is 0 Å². The molecule has 0 aliphatic heterocycles. The van der Waals surface area contributed by atoms with Crippen LogP contribution in [0, 0.1) is 0 Å². The fourth-order valence-corrected chi connectivity index (χ4v) is 3.35. The van der Waals surface area contributed by atoms with Gasteiger partial charge in [-0.25, -0.2) is 0 Å². The molecule has 0 fully saturated rings. The minimum atomic E-state index is 0.635. The lowest BCUT2D eigenvalue weighted by molar-refractivity contribution is 0.278. The molecule has 0 aliphatic rings. The summed E-state index contributed by atoms with van der Waals surface area (Å²) in [4.78, 5) is 2.53. The highest BCUT2D eigenvalue weighted by Crippen LogP contribution is 2.33. The lowest BCUT2D eigenvalue weighted by atomic mass is 10.1. The van der Waals surface area contributed by atoms with Crippen LogP contribution in [-0.2, 0) is 6.42 Å². The van der Waals surface area contributed by atoms with Gasteiger partial charge in [0.15, 0.2) is 0 Å². The molecule has 2 nitrogen and oxygen atoms in total. The van der Waals surface area contributed by atoms with E-state index in [9.17, 15) is 0 Å². The van der Waals surface area contributed by atoms with Gasteiger partial charge in [0.05, 0.1) is 15.7 Å². The fraction of sp³-hybridized carbons (Fsp3) is 0.400. The maximum Gasteiger partial charge on any atom is 0.0762 e. The summed E-state index contributed by atoms with van der Waals surface area (Å²) in [5, 5.41) is 4.68. The molecule has 1 N–H and O–H groups in total. The highest BCUT2D eigenvalue weighted by Gasteiger charge is 2.10. The molecule has 0 aromatic heterocycles. The highest BCUT2D eigenvalue weighted by molar-refractivity contribution is 6.39. The third-order valence-electron chi connectivity index (χ3n) is 4.02. The first-order valence-corrected chi connectivity index (χ1v) is 9.42. The van der Waals surface area contributed by atoms with Crippen molar-refractivity contribution in [1.82, 2.24) is 4.90 Å². The van der Waals surface area contributed by atoms with Gasteiger partial charge in [0.1, 0.15) is 0 Å². The second-order valence-corrected chi connectivity index (χ2v) is 6.78. The predicted octanol–water partition coefficient (Wildman–Crippen LogP) is 6.40. The SMILES string of the molecule is CCCN(CCC)CCc1ccccc1Nc1c(Cl)cccc1Cl. The summed E-state index contributed by atoms with van der Waals surface area (Å²) in [5.41, 5.74) is 3.12. The van der Waals surface area contributed by atoms with Crippen LogP contribution in [-0.4, -0.2) is 24.5 Å². The predicted molar refractivity (Wildman–Crippen MR) is 107 cm³/mol. The number of nitrogens with zero attached hydrogens (tertiary/aromatic N) is 1. The zero-order chi connectivity index (χ0) is 17.4. The Hall–Kier alpha value is -1.22. The molecule has 0 aliphatic carbocycles. The summed E-state index contributed by atoms with van der Waals surface area (Å²) in [6.07, 6.45) is 3.38. The molecule has 0 heterocycles. The molecule has 0 amide bonds. The van der Waals surface area contributed by atoms with Crippen molar-refractivity contribution in [2.75, 3.05) is 25.0 Å². The number of hydrogen-bond donors (Lipinski definition) is 1. The number of halogens is 2. The third kappa shape index (κ3) is 5.41. The highest BCUT2D eigenvalue weighted by atomic mass is 35.5. The van der Waals surface area contributed by atoms with Crippen molar-refractivity contribution in [2.45, 2.75) is 33.1 Å². The van der Waals surface area contributed by atoms with E-state index in [1.54, 1.807) is 0 Å². The molecular formula is C20H26Cl2N2. The Morgan fingerprint density at radius 1 is 0.833 bits per heavy atom. The van der Waals surface area contributed by atoms with Crippen LogP contribution in [0.15, 0.2) is 42.5 Å². The standard InChI is InChI=1S/C20H26Cl2N2/c1-3-13-24(14-4-2)15-12-16-8-5-6-11-19(16)23-20-17(21)9-7-10-18(20)22/h5-11,23H,3-4,12-15H2,1-2H3. The van der Waals surface area contributed by atoms with Crippen molar-refractivity contribution < 1.29 is 0 Å². The van der Waals surface area contributed by atoms with Gasteiger partial charge in [0.25, 0.3) is 0 Å². The zero-order valence-electron chi connectivity index (χ0n) is 14.5. The van der Waals surface area contributed by atoms with E-state index in [0.29, 0.717) is 10.0 Å². The van der Waals surface area contributed by atoms with Gasteiger partial charge in [-0.2, -0.15) is 0 Å². The number of anilines is 2. The Morgan fingerprint density at radius 3 is 2.08 bits per heavy atom.